The smallest absolute Gasteiger partial charge is 0.326 e. The number of carbonyl (C=O) groups excluding carboxylic acids is 1. The van der Waals surface area contributed by atoms with Crippen molar-refractivity contribution in [2.24, 2.45) is 11.7 Å². The number of H-pyrrole nitrogens is 2. The number of aromatic amines is 2. The van der Waals surface area contributed by atoms with E-state index in [1.54, 1.807) is 4.90 Å². The Kier molecular flexibility index (Phi) is 3.84. The quantitative estimate of drug-likeness (QED) is 0.654. The number of amides is 1. The van der Waals surface area contributed by atoms with E-state index in [4.69, 9.17) is 5.73 Å². The van der Waals surface area contributed by atoms with Gasteiger partial charge in [-0.3, -0.25) is 14.6 Å². The third-order valence-corrected chi connectivity index (χ3v) is 3.61. The number of nitrogens with two attached hydrogens (primary N) is 1. The molecule has 104 valence electrons. The fraction of sp³-hybridized carbons (Fsp3) is 0.583. The number of piperidine rings is 1. The van der Waals surface area contributed by atoms with Crippen LogP contribution in [0.3, 0.4) is 0 Å². The Morgan fingerprint density at radius 1 is 1.47 bits per heavy atom. The molecule has 2 rings (SSSR count). The average Bonchev–Trinajstić information content (AvgIpc) is 2.36. The van der Waals surface area contributed by atoms with E-state index in [0.29, 0.717) is 19.0 Å². The van der Waals surface area contributed by atoms with Crippen LogP contribution in [0.15, 0.2) is 15.7 Å². The van der Waals surface area contributed by atoms with Crippen LogP contribution in [-0.2, 0) is 0 Å². The first-order chi connectivity index (χ1) is 9.02. The lowest BCUT2D eigenvalue weighted by Gasteiger charge is -2.39. The zero-order valence-corrected chi connectivity index (χ0v) is 10.8. The van der Waals surface area contributed by atoms with E-state index in [-0.39, 0.29) is 17.6 Å². The van der Waals surface area contributed by atoms with Gasteiger partial charge in [-0.15, -0.1) is 0 Å². The number of rotatable bonds is 2. The molecule has 0 aromatic carbocycles. The van der Waals surface area contributed by atoms with Crippen LogP contribution in [0.4, 0.5) is 0 Å². The van der Waals surface area contributed by atoms with E-state index in [2.05, 4.69) is 11.9 Å². The van der Waals surface area contributed by atoms with Gasteiger partial charge in [0.25, 0.3) is 11.5 Å². The Bertz CT molecular complexity index is 549. The maximum absolute atomic E-state index is 12.4. The summed E-state index contributed by atoms with van der Waals surface area (Å²) in [6.45, 7) is 3.03. The van der Waals surface area contributed by atoms with Gasteiger partial charge in [0, 0.05) is 25.2 Å². The number of nitrogens with zero attached hydrogens (tertiary/aromatic N) is 1. The van der Waals surface area contributed by atoms with Crippen LogP contribution in [-0.4, -0.2) is 39.9 Å². The molecule has 0 radical (unpaired) electrons. The molecule has 7 nitrogen and oxygen atoms in total. The molecule has 1 aliphatic heterocycles. The Balaban J connectivity index is 2.31. The van der Waals surface area contributed by atoms with Crippen LogP contribution in [0, 0.1) is 5.92 Å². The topological polar surface area (TPSA) is 112 Å². The third-order valence-electron chi connectivity index (χ3n) is 3.61. The molecule has 1 aromatic heterocycles. The van der Waals surface area contributed by atoms with Gasteiger partial charge < -0.3 is 15.6 Å². The molecule has 1 aliphatic rings. The number of hydrogen-bond acceptors (Lipinski definition) is 4. The minimum absolute atomic E-state index is 0.0151. The van der Waals surface area contributed by atoms with Gasteiger partial charge in [-0.25, -0.2) is 4.79 Å². The fourth-order valence-corrected chi connectivity index (χ4v) is 2.60. The van der Waals surface area contributed by atoms with Gasteiger partial charge in [0.2, 0.25) is 0 Å². The second kappa shape index (κ2) is 5.40. The zero-order chi connectivity index (χ0) is 14.0. The molecule has 2 unspecified atom stereocenters. The van der Waals surface area contributed by atoms with Crippen molar-refractivity contribution in [1.29, 1.82) is 0 Å². The molecule has 0 saturated carbocycles. The van der Waals surface area contributed by atoms with Gasteiger partial charge in [0.1, 0.15) is 5.69 Å². The molecule has 4 N–H and O–H groups in total. The zero-order valence-electron chi connectivity index (χ0n) is 10.8. The van der Waals surface area contributed by atoms with Gasteiger partial charge >= 0.3 is 5.69 Å². The molecule has 0 spiro atoms. The minimum atomic E-state index is -0.676. The van der Waals surface area contributed by atoms with E-state index in [0.717, 1.165) is 18.9 Å². The van der Waals surface area contributed by atoms with E-state index in [1.165, 1.54) is 0 Å². The normalized spacial score (nSPS) is 23.4. The molecule has 2 atom stereocenters. The summed E-state index contributed by atoms with van der Waals surface area (Å²) >= 11 is 0. The molecule has 0 bridgehead atoms. The van der Waals surface area contributed by atoms with Crippen LogP contribution in [0.5, 0.6) is 0 Å². The summed E-state index contributed by atoms with van der Waals surface area (Å²) < 4.78 is 0. The monoisotopic (exact) mass is 266 g/mol. The molecule has 19 heavy (non-hydrogen) atoms. The summed E-state index contributed by atoms with van der Waals surface area (Å²) in [5.74, 6) is -0.0263. The number of nitrogens with one attached hydrogen (secondary N) is 2. The highest BCUT2D eigenvalue weighted by Crippen LogP contribution is 2.23. The van der Waals surface area contributed by atoms with Crippen molar-refractivity contribution >= 4 is 5.91 Å². The predicted molar refractivity (Wildman–Crippen MR) is 70.0 cm³/mol. The van der Waals surface area contributed by atoms with Crippen LogP contribution < -0.4 is 17.0 Å². The van der Waals surface area contributed by atoms with E-state index in [9.17, 15) is 14.4 Å². The summed E-state index contributed by atoms with van der Waals surface area (Å²) in [4.78, 5) is 40.9. The van der Waals surface area contributed by atoms with Crippen LogP contribution in [0.1, 0.15) is 30.3 Å². The van der Waals surface area contributed by atoms with Crippen LogP contribution >= 0.6 is 0 Å². The fourth-order valence-electron chi connectivity index (χ4n) is 2.60. The van der Waals surface area contributed by atoms with Crippen molar-refractivity contribution in [2.75, 3.05) is 13.1 Å². The minimum Gasteiger partial charge on any atom is -0.333 e. The Labute approximate surface area is 109 Å². The highest BCUT2D eigenvalue weighted by atomic mass is 16.2. The lowest BCUT2D eigenvalue weighted by molar-refractivity contribution is 0.0526. The Hall–Kier alpha value is -1.89. The SMILES string of the molecule is CC1CCCN(C(=O)c2cc(=O)[nH]c(=O)[nH]2)C1CN. The van der Waals surface area contributed by atoms with Crippen molar-refractivity contribution in [3.05, 3.63) is 32.6 Å². The number of aromatic nitrogens is 2. The molecule has 1 aromatic rings. The van der Waals surface area contributed by atoms with Gasteiger partial charge in [-0.1, -0.05) is 6.92 Å². The maximum Gasteiger partial charge on any atom is 0.326 e. The van der Waals surface area contributed by atoms with Gasteiger partial charge in [0.05, 0.1) is 0 Å². The van der Waals surface area contributed by atoms with Crippen LogP contribution in [0.25, 0.3) is 0 Å². The lowest BCUT2D eigenvalue weighted by Crippen LogP contribution is -2.51. The molecule has 2 heterocycles. The van der Waals surface area contributed by atoms with Crippen molar-refractivity contribution in [2.45, 2.75) is 25.8 Å². The van der Waals surface area contributed by atoms with Gasteiger partial charge in [-0.05, 0) is 18.8 Å². The molecule has 7 heteroatoms. The number of carbonyl (C=O) groups is 1. The van der Waals surface area contributed by atoms with Crippen molar-refractivity contribution in [3.63, 3.8) is 0 Å². The summed E-state index contributed by atoms with van der Waals surface area (Å²) in [5, 5.41) is 0. The highest BCUT2D eigenvalue weighted by Gasteiger charge is 2.31. The molecular formula is C12H18N4O3. The van der Waals surface area contributed by atoms with Gasteiger partial charge in [0.15, 0.2) is 0 Å². The summed E-state index contributed by atoms with van der Waals surface area (Å²) in [6, 6.07) is 1.06. The molecule has 1 fully saturated rings. The van der Waals surface area contributed by atoms with Gasteiger partial charge in [-0.2, -0.15) is 0 Å². The predicted octanol–water partition coefficient (Wildman–Crippen LogP) is -0.737. The van der Waals surface area contributed by atoms with Crippen molar-refractivity contribution < 1.29 is 4.79 Å². The standard InChI is InChI=1S/C12H18N4O3/c1-7-3-2-4-16(9(7)6-13)11(18)8-5-10(17)15-12(19)14-8/h5,7,9H,2-4,6,13H2,1H3,(H2,14,15,17,19). The van der Waals surface area contributed by atoms with Crippen LogP contribution in [0.2, 0.25) is 0 Å². The van der Waals surface area contributed by atoms with E-state index < -0.39 is 11.2 Å². The first-order valence-corrected chi connectivity index (χ1v) is 6.37. The highest BCUT2D eigenvalue weighted by molar-refractivity contribution is 5.92. The largest absolute Gasteiger partial charge is 0.333 e. The second-order valence-electron chi connectivity index (χ2n) is 4.92. The molecule has 0 aliphatic carbocycles. The Morgan fingerprint density at radius 2 is 2.21 bits per heavy atom. The van der Waals surface area contributed by atoms with Crippen molar-refractivity contribution in [1.82, 2.24) is 14.9 Å². The molecule has 1 amide bonds. The summed E-state index contributed by atoms with van der Waals surface area (Å²) in [6.07, 6.45) is 1.92. The lowest BCUT2D eigenvalue weighted by atomic mass is 9.90. The van der Waals surface area contributed by atoms with E-state index >= 15 is 0 Å². The average molecular weight is 266 g/mol. The summed E-state index contributed by atoms with van der Waals surface area (Å²) in [7, 11) is 0. The van der Waals surface area contributed by atoms with E-state index in [1.807, 2.05) is 4.98 Å². The third kappa shape index (κ3) is 2.76. The second-order valence-corrected chi connectivity index (χ2v) is 4.92. The van der Waals surface area contributed by atoms with Crippen molar-refractivity contribution in [3.8, 4) is 0 Å². The summed E-state index contributed by atoms with van der Waals surface area (Å²) in [5.41, 5.74) is 4.48. The molecular weight excluding hydrogens is 248 g/mol. The maximum atomic E-state index is 12.4. The molecule has 1 saturated heterocycles. The number of hydrogen-bond donors (Lipinski definition) is 3. The number of likely N-dealkylation sites (tertiary alicyclic amines) is 1. The first kappa shape index (κ1) is 13.5. The Morgan fingerprint density at radius 3 is 2.84 bits per heavy atom. The first-order valence-electron chi connectivity index (χ1n) is 6.37.